The molecule has 0 bridgehead atoms. The molecule has 0 saturated heterocycles. The van der Waals surface area contributed by atoms with Gasteiger partial charge in [0.25, 0.3) is 10.2 Å². The fourth-order valence-electron chi connectivity index (χ4n) is 2.97. The first-order valence-corrected chi connectivity index (χ1v) is 11.9. The summed E-state index contributed by atoms with van der Waals surface area (Å²) in [7, 11) is 1.07. The van der Waals surface area contributed by atoms with E-state index in [0.717, 1.165) is 32.4 Å². The van der Waals surface area contributed by atoms with Gasteiger partial charge in [-0.2, -0.15) is 22.4 Å². The molecule has 0 fully saturated rings. The van der Waals surface area contributed by atoms with Crippen molar-refractivity contribution in [1.82, 2.24) is 19.0 Å². The monoisotopic (exact) mass is 490 g/mol. The van der Waals surface area contributed by atoms with E-state index in [-0.39, 0.29) is 6.54 Å². The lowest BCUT2D eigenvalue weighted by Gasteiger charge is -2.14. The number of nitrogens with one attached hydrogen (secondary N) is 3. The largest absolute Gasteiger partial charge is 0.495 e. The predicted octanol–water partition coefficient (Wildman–Crippen LogP) is 4.14. The van der Waals surface area contributed by atoms with E-state index in [4.69, 9.17) is 16.3 Å². The van der Waals surface area contributed by atoms with Crippen LogP contribution >= 0.6 is 11.6 Å². The molecule has 0 spiro atoms. The Morgan fingerprint density at radius 1 is 1.03 bits per heavy atom. The molecule has 33 heavy (non-hydrogen) atoms. The Labute approximate surface area is 199 Å². The molecular weight excluding hydrogens is 464 g/mol. The first kappa shape index (κ1) is 24.7. The van der Waals surface area contributed by atoms with Gasteiger partial charge < -0.3 is 15.4 Å². The summed E-state index contributed by atoms with van der Waals surface area (Å²) in [5.74, 6) is 1.69. The predicted molar refractivity (Wildman–Crippen MR) is 132 cm³/mol. The van der Waals surface area contributed by atoms with Gasteiger partial charge in [-0.15, -0.1) is 0 Å². The number of hydrogen-bond acceptors (Lipinski definition) is 7. The van der Waals surface area contributed by atoms with E-state index in [2.05, 4.69) is 25.3 Å². The van der Waals surface area contributed by atoms with Gasteiger partial charge >= 0.3 is 0 Å². The Balaban J connectivity index is 1.71. The number of aryl methyl sites for hydroxylation is 2. The number of halogens is 1. The highest BCUT2D eigenvalue weighted by molar-refractivity contribution is 7.87. The van der Waals surface area contributed by atoms with Crippen LogP contribution in [0, 0.1) is 13.8 Å². The van der Waals surface area contributed by atoms with Gasteiger partial charge in [0.05, 0.1) is 12.1 Å². The normalized spacial score (nSPS) is 11.5. The first-order valence-electron chi connectivity index (χ1n) is 10.1. The smallest absolute Gasteiger partial charge is 0.279 e. The zero-order valence-corrected chi connectivity index (χ0v) is 20.7. The van der Waals surface area contributed by atoms with Gasteiger partial charge in [0.15, 0.2) is 0 Å². The minimum Gasteiger partial charge on any atom is -0.495 e. The van der Waals surface area contributed by atoms with Gasteiger partial charge in [0.2, 0.25) is 5.95 Å². The Morgan fingerprint density at radius 2 is 1.73 bits per heavy atom. The molecule has 1 heterocycles. The third-order valence-electron chi connectivity index (χ3n) is 4.82. The zero-order valence-electron chi connectivity index (χ0n) is 19.1. The lowest BCUT2D eigenvalue weighted by atomic mass is 10.2. The molecule has 0 aliphatic carbocycles. The van der Waals surface area contributed by atoms with Gasteiger partial charge in [-0.05, 0) is 49.2 Å². The van der Waals surface area contributed by atoms with Crippen LogP contribution in [0.2, 0.25) is 5.02 Å². The maximum Gasteiger partial charge on any atom is 0.279 e. The van der Waals surface area contributed by atoms with E-state index in [0.29, 0.717) is 22.5 Å². The molecule has 0 radical (unpaired) electrons. The van der Waals surface area contributed by atoms with Gasteiger partial charge in [-0.3, -0.25) is 0 Å². The summed E-state index contributed by atoms with van der Waals surface area (Å²) in [6.45, 7) is 4.02. The van der Waals surface area contributed by atoms with Gasteiger partial charge in [0.1, 0.15) is 11.6 Å². The number of hydrogen-bond donors (Lipinski definition) is 3. The van der Waals surface area contributed by atoms with Crippen molar-refractivity contribution in [3.05, 3.63) is 64.3 Å². The van der Waals surface area contributed by atoms with Crippen molar-refractivity contribution in [2.24, 2.45) is 0 Å². The topological polar surface area (TPSA) is 108 Å². The molecule has 3 aromatic rings. The van der Waals surface area contributed by atoms with Crippen molar-refractivity contribution in [3.8, 4) is 5.75 Å². The number of nitrogens with zero attached hydrogens (tertiary/aromatic N) is 3. The Bertz CT molecular complexity index is 1210. The fourth-order valence-corrected chi connectivity index (χ4v) is 3.92. The average Bonchev–Trinajstić information content (AvgIpc) is 2.75. The summed E-state index contributed by atoms with van der Waals surface area (Å²) in [4.78, 5) is 8.92. The van der Waals surface area contributed by atoms with Crippen molar-refractivity contribution in [1.29, 1.82) is 0 Å². The molecule has 0 amide bonds. The van der Waals surface area contributed by atoms with Crippen molar-refractivity contribution >= 4 is 45.0 Å². The molecule has 2 aromatic carbocycles. The number of anilines is 4. The summed E-state index contributed by atoms with van der Waals surface area (Å²) in [5.41, 5.74) is 4.15. The minimum atomic E-state index is -3.47. The maximum absolute atomic E-state index is 11.9. The van der Waals surface area contributed by atoms with E-state index >= 15 is 0 Å². The molecule has 0 atom stereocenters. The van der Waals surface area contributed by atoms with E-state index in [9.17, 15) is 8.42 Å². The van der Waals surface area contributed by atoms with E-state index in [1.54, 1.807) is 19.4 Å². The molecule has 9 nitrogen and oxygen atoms in total. The number of aromatic nitrogens is 2. The average molecular weight is 491 g/mol. The van der Waals surface area contributed by atoms with Gasteiger partial charge in [-0.1, -0.05) is 23.7 Å². The molecule has 3 rings (SSSR count). The van der Waals surface area contributed by atoms with Crippen LogP contribution in [-0.2, 0) is 16.8 Å². The van der Waals surface area contributed by atoms with E-state index in [1.165, 1.54) is 14.1 Å². The van der Waals surface area contributed by atoms with E-state index in [1.807, 2.05) is 44.2 Å². The standard InChI is InChI=1S/C22H27ClN6O3S/c1-14-10-18(11-19(23)20(14)32-5)27-22-24-12-15(2)21(28-22)26-17-8-6-16(7-9-17)13-25-33(30,31)29(3)4/h6-12,25H,13H2,1-5H3,(H2,24,26,27,28). The molecule has 176 valence electrons. The number of ether oxygens (including phenoxy) is 1. The second kappa shape index (κ2) is 10.3. The van der Waals surface area contributed by atoms with Crippen LogP contribution in [-0.4, -0.2) is 43.9 Å². The lowest BCUT2D eigenvalue weighted by molar-refractivity contribution is 0.412. The van der Waals surface area contributed by atoms with Gasteiger partial charge in [0, 0.05) is 43.8 Å². The highest BCUT2D eigenvalue weighted by Crippen LogP contribution is 2.32. The molecular formula is C22H27ClN6O3S. The third kappa shape index (κ3) is 6.32. The first-order chi connectivity index (χ1) is 15.6. The van der Waals surface area contributed by atoms with Crippen LogP contribution in [0.25, 0.3) is 0 Å². The maximum atomic E-state index is 11.9. The van der Waals surface area contributed by atoms with Crippen molar-refractivity contribution in [2.45, 2.75) is 20.4 Å². The number of methoxy groups -OCH3 is 1. The van der Waals surface area contributed by atoms with Crippen LogP contribution in [0.3, 0.4) is 0 Å². The van der Waals surface area contributed by atoms with Crippen LogP contribution in [0.15, 0.2) is 42.6 Å². The molecule has 11 heteroatoms. The highest BCUT2D eigenvalue weighted by Gasteiger charge is 2.12. The van der Waals surface area contributed by atoms with Crippen molar-refractivity contribution in [3.63, 3.8) is 0 Å². The summed E-state index contributed by atoms with van der Waals surface area (Å²) in [6.07, 6.45) is 1.72. The Hall–Kier alpha value is -2.92. The Kier molecular flexibility index (Phi) is 7.75. The summed E-state index contributed by atoms with van der Waals surface area (Å²) >= 11 is 6.28. The van der Waals surface area contributed by atoms with Crippen molar-refractivity contribution in [2.75, 3.05) is 31.8 Å². The highest BCUT2D eigenvalue weighted by atomic mass is 35.5. The number of rotatable bonds is 9. The molecule has 0 aliphatic rings. The van der Waals surface area contributed by atoms with Crippen molar-refractivity contribution < 1.29 is 13.2 Å². The number of benzene rings is 2. The summed E-state index contributed by atoms with van der Waals surface area (Å²) in [5, 5.41) is 6.94. The molecule has 0 unspecified atom stereocenters. The molecule has 0 saturated carbocycles. The van der Waals surface area contributed by atoms with Crippen LogP contribution < -0.4 is 20.1 Å². The fraction of sp³-hybridized carbons (Fsp3) is 0.273. The summed E-state index contributed by atoms with van der Waals surface area (Å²) in [6, 6.07) is 11.1. The van der Waals surface area contributed by atoms with E-state index < -0.39 is 10.2 Å². The summed E-state index contributed by atoms with van der Waals surface area (Å²) < 4.78 is 32.7. The molecule has 0 aliphatic heterocycles. The quantitative estimate of drug-likeness (QED) is 0.413. The minimum absolute atomic E-state index is 0.200. The Morgan fingerprint density at radius 3 is 2.33 bits per heavy atom. The SMILES string of the molecule is COc1c(C)cc(Nc2ncc(C)c(Nc3ccc(CNS(=O)(=O)N(C)C)cc3)n2)cc1Cl. The van der Waals surface area contributed by atoms with Crippen LogP contribution in [0.1, 0.15) is 16.7 Å². The zero-order chi connectivity index (χ0) is 24.2. The second-order valence-electron chi connectivity index (χ2n) is 7.59. The molecule has 3 N–H and O–H groups in total. The second-order valence-corrected chi connectivity index (χ2v) is 9.97. The van der Waals surface area contributed by atoms with Crippen LogP contribution in [0.4, 0.5) is 23.1 Å². The van der Waals surface area contributed by atoms with Crippen LogP contribution in [0.5, 0.6) is 5.75 Å². The lowest BCUT2D eigenvalue weighted by Crippen LogP contribution is -2.35. The van der Waals surface area contributed by atoms with Gasteiger partial charge in [-0.25, -0.2) is 4.98 Å². The third-order valence-corrected chi connectivity index (χ3v) is 6.57. The molecule has 1 aromatic heterocycles.